The Morgan fingerprint density at radius 1 is 0.727 bits per heavy atom. The van der Waals surface area contributed by atoms with Gasteiger partial charge in [-0.25, -0.2) is 4.98 Å². The third-order valence-corrected chi connectivity index (χ3v) is 9.89. The Morgan fingerprint density at radius 3 is 1.88 bits per heavy atom. The van der Waals surface area contributed by atoms with Crippen LogP contribution >= 0.6 is 0 Å². The van der Waals surface area contributed by atoms with Gasteiger partial charge in [0, 0.05) is 0 Å². The van der Waals surface area contributed by atoms with Crippen molar-refractivity contribution in [2.75, 3.05) is 0 Å². The van der Waals surface area contributed by atoms with Crippen LogP contribution in [0.3, 0.4) is 0 Å². The van der Waals surface area contributed by atoms with E-state index in [1.54, 1.807) is 6.20 Å². The van der Waals surface area contributed by atoms with Gasteiger partial charge in [0.25, 0.3) is 5.52 Å². The van der Waals surface area contributed by atoms with E-state index < -0.39 is 14.7 Å². The molecule has 1 unspecified atom stereocenters. The zero-order chi connectivity index (χ0) is 22.1. The zero-order valence-corrected chi connectivity index (χ0v) is 18.8. The molecule has 0 bridgehead atoms. The minimum atomic E-state index is -2.90. The number of hydrogen-bond donors (Lipinski definition) is 1. The Balaban J connectivity index is 1.47. The third kappa shape index (κ3) is 3.32. The van der Waals surface area contributed by atoms with E-state index in [2.05, 4.69) is 83.3 Å². The third-order valence-electron chi connectivity index (χ3n) is 6.02. The second kappa shape index (κ2) is 8.25. The van der Waals surface area contributed by atoms with E-state index in [-0.39, 0.29) is 0 Å². The molecule has 0 saturated heterocycles. The molecule has 2 heterocycles. The maximum Gasteiger partial charge on any atom is 0.387 e. The number of para-hydroxylation sites is 1. The highest BCUT2D eigenvalue weighted by molar-refractivity contribution is 7.07. The molecule has 0 aliphatic carbocycles. The highest BCUT2D eigenvalue weighted by atomic mass is 28.4. The molecule has 33 heavy (non-hydrogen) atoms. The van der Waals surface area contributed by atoms with Crippen molar-refractivity contribution in [3.63, 3.8) is 0 Å². The predicted molar refractivity (Wildman–Crippen MR) is 130 cm³/mol. The normalized spacial score (nSPS) is 14.8. The Bertz CT molecular complexity index is 1300. The lowest BCUT2D eigenvalue weighted by Crippen LogP contribution is -2.72. The van der Waals surface area contributed by atoms with E-state index in [1.165, 1.54) is 0 Å². The fourth-order valence-corrected chi connectivity index (χ4v) is 8.13. The molecule has 5 nitrogen and oxygen atoms in total. The van der Waals surface area contributed by atoms with Crippen molar-refractivity contribution in [3.8, 4) is 5.75 Å². The topological polar surface area (TPSA) is 47.3 Å². The van der Waals surface area contributed by atoms with Crippen LogP contribution in [-0.2, 0) is 4.53 Å². The first-order chi connectivity index (χ1) is 16.4. The molecule has 1 aliphatic rings. The number of benzene rings is 4. The molecule has 160 valence electrons. The van der Waals surface area contributed by atoms with Gasteiger partial charge in [-0.1, -0.05) is 97.1 Å². The van der Waals surface area contributed by atoms with Crippen molar-refractivity contribution in [1.29, 1.82) is 0 Å². The second-order valence-corrected chi connectivity index (χ2v) is 11.2. The van der Waals surface area contributed by atoms with Crippen molar-refractivity contribution in [2.45, 2.75) is 6.35 Å². The fraction of sp³-hybridized carbons (Fsp3) is 0.0370. The summed E-state index contributed by atoms with van der Waals surface area (Å²) in [7, 11) is -2.90. The van der Waals surface area contributed by atoms with Gasteiger partial charge in [0.1, 0.15) is 5.52 Å². The molecule has 1 aliphatic heterocycles. The summed E-state index contributed by atoms with van der Waals surface area (Å²) >= 11 is 0. The number of rotatable bonds is 6. The van der Waals surface area contributed by atoms with Crippen molar-refractivity contribution >= 4 is 34.9 Å². The Hall–Kier alpha value is -3.84. The zero-order valence-electron chi connectivity index (χ0n) is 17.8. The fourth-order valence-electron chi connectivity index (χ4n) is 4.52. The Kier molecular flexibility index (Phi) is 4.96. The van der Waals surface area contributed by atoms with Crippen LogP contribution in [0.15, 0.2) is 122 Å². The number of ether oxygens (including phenoxy) is 1. The van der Waals surface area contributed by atoms with Crippen molar-refractivity contribution in [1.82, 2.24) is 10.5 Å². The number of aromatic nitrogens is 2. The van der Waals surface area contributed by atoms with Crippen molar-refractivity contribution < 1.29 is 13.8 Å². The summed E-state index contributed by atoms with van der Waals surface area (Å²) in [4.78, 5) is 4.47. The van der Waals surface area contributed by atoms with Gasteiger partial charge >= 0.3 is 14.7 Å². The van der Waals surface area contributed by atoms with Gasteiger partial charge in [-0.3, -0.25) is 0 Å². The Labute approximate surface area is 193 Å². The smallest absolute Gasteiger partial charge is 0.387 e. The summed E-state index contributed by atoms with van der Waals surface area (Å²) in [5, 5.41) is 3.45. The van der Waals surface area contributed by atoms with Crippen LogP contribution in [0, 0.1) is 0 Å². The summed E-state index contributed by atoms with van der Waals surface area (Å²) < 4.78 is 15.1. The molecule has 0 spiro atoms. The molecule has 5 aromatic rings. The molecule has 0 radical (unpaired) electrons. The lowest BCUT2D eigenvalue weighted by Gasteiger charge is -2.32. The summed E-state index contributed by atoms with van der Waals surface area (Å²) in [5.74, 6) is 0.785. The lowest BCUT2D eigenvalue weighted by molar-refractivity contribution is -0.732. The summed E-state index contributed by atoms with van der Waals surface area (Å²) in [5.41, 5.74) is 5.14. The first-order valence-corrected chi connectivity index (χ1v) is 12.8. The van der Waals surface area contributed by atoms with Gasteiger partial charge in [-0.2, -0.15) is 0 Å². The SMILES string of the molecule is c1ccc([Si](ONC2Oc3cccc4ncc[n+]2c34)(c2ccccc2)c2ccccc2)cc1. The van der Waals surface area contributed by atoms with E-state index in [1.807, 2.05) is 47.2 Å². The summed E-state index contributed by atoms with van der Waals surface area (Å²) in [6, 6.07) is 37.3. The summed E-state index contributed by atoms with van der Waals surface area (Å²) in [6.45, 7) is 0. The van der Waals surface area contributed by atoms with Crippen molar-refractivity contribution in [2.24, 2.45) is 0 Å². The maximum absolute atomic E-state index is 6.86. The molecule has 1 N–H and O–H groups in total. The van der Waals surface area contributed by atoms with Crippen LogP contribution < -0.4 is 30.3 Å². The van der Waals surface area contributed by atoms with Crippen LogP contribution in [0.2, 0.25) is 0 Å². The number of hydroxylamine groups is 1. The van der Waals surface area contributed by atoms with Gasteiger partial charge in [0.15, 0.2) is 6.20 Å². The maximum atomic E-state index is 6.86. The van der Waals surface area contributed by atoms with E-state index in [4.69, 9.17) is 9.26 Å². The lowest BCUT2D eigenvalue weighted by atomic mass is 10.3. The number of nitrogens with one attached hydrogen (secondary N) is 1. The molecule has 1 aromatic heterocycles. The molecule has 4 aromatic carbocycles. The average Bonchev–Trinajstić information content (AvgIpc) is 3.26. The second-order valence-electron chi connectivity index (χ2n) is 7.93. The first kappa shape index (κ1) is 19.8. The van der Waals surface area contributed by atoms with Gasteiger partial charge in [0.05, 0.1) is 6.20 Å². The molecule has 0 fully saturated rings. The van der Waals surface area contributed by atoms with Gasteiger partial charge in [-0.15, -0.1) is 10.0 Å². The molecule has 6 heteroatoms. The quantitative estimate of drug-likeness (QED) is 0.188. The summed E-state index contributed by atoms with van der Waals surface area (Å²) in [6.07, 6.45) is 3.19. The van der Waals surface area contributed by atoms with Crippen LogP contribution in [-0.4, -0.2) is 13.3 Å². The largest absolute Gasteiger partial charge is 0.412 e. The highest BCUT2D eigenvalue weighted by Gasteiger charge is 2.45. The van der Waals surface area contributed by atoms with E-state index in [0.717, 1.165) is 32.3 Å². The van der Waals surface area contributed by atoms with Crippen LogP contribution in [0.1, 0.15) is 6.35 Å². The molecule has 0 amide bonds. The first-order valence-electron chi connectivity index (χ1n) is 10.9. The molecular weight excluding hydrogens is 426 g/mol. The van der Waals surface area contributed by atoms with Crippen LogP contribution in [0.4, 0.5) is 0 Å². The molecule has 0 saturated carbocycles. The predicted octanol–water partition coefficient (Wildman–Crippen LogP) is 2.56. The minimum absolute atomic E-state index is 0.504. The van der Waals surface area contributed by atoms with Gasteiger partial charge < -0.3 is 9.26 Å². The van der Waals surface area contributed by atoms with Crippen LogP contribution in [0.5, 0.6) is 5.75 Å². The minimum Gasteiger partial charge on any atom is -0.412 e. The standard InChI is InChI=1S/C27H22N3O2Si/c1-4-11-21(12-5-1)33(22-13-6-2-7-14-22,23-15-8-3-9-16-23)32-29-27-30-20-19-28-24-17-10-18-25(31-27)26(24)30/h1-20,27,29H/q+1. The van der Waals surface area contributed by atoms with Gasteiger partial charge in [0.2, 0.25) is 5.75 Å². The van der Waals surface area contributed by atoms with Crippen LogP contribution in [0.25, 0.3) is 11.0 Å². The average molecular weight is 449 g/mol. The molecular formula is C27H22N3O2Si+. The monoisotopic (exact) mass is 448 g/mol. The van der Waals surface area contributed by atoms with Crippen molar-refractivity contribution in [3.05, 3.63) is 122 Å². The molecule has 6 rings (SSSR count). The van der Waals surface area contributed by atoms with E-state index in [9.17, 15) is 0 Å². The van der Waals surface area contributed by atoms with Gasteiger partial charge in [-0.05, 0) is 27.7 Å². The van der Waals surface area contributed by atoms with E-state index >= 15 is 0 Å². The number of nitrogens with zero attached hydrogens (tertiary/aromatic N) is 2. The molecule has 1 atom stereocenters. The Morgan fingerprint density at radius 2 is 1.30 bits per heavy atom. The van der Waals surface area contributed by atoms with E-state index in [0.29, 0.717) is 0 Å². The number of hydrogen-bond acceptors (Lipinski definition) is 4. The highest BCUT2D eigenvalue weighted by Crippen LogP contribution is 2.28.